The number of hydrogen-bond acceptors (Lipinski definition) is 15. The van der Waals surface area contributed by atoms with E-state index >= 15 is 0 Å². The van der Waals surface area contributed by atoms with Crippen molar-refractivity contribution in [2.45, 2.75) is 175 Å². The number of methoxy groups -OCH3 is 2. The number of allylic oxidation sites excluding steroid dienone is 3. The van der Waals surface area contributed by atoms with Crippen LogP contribution in [0.15, 0.2) is 35.9 Å². The Balaban J connectivity index is 0.00000457. The van der Waals surface area contributed by atoms with Crippen molar-refractivity contribution >= 4 is 64.8 Å². The second kappa shape index (κ2) is 29.3. The molecule has 11 unspecified atom stereocenters. The van der Waals surface area contributed by atoms with Crippen molar-refractivity contribution < 1.29 is 67.1 Å². The van der Waals surface area contributed by atoms with Crippen LogP contribution in [0.3, 0.4) is 0 Å². The molecule has 4 bridgehead atoms. The van der Waals surface area contributed by atoms with Crippen LogP contribution in [0.25, 0.3) is 0 Å². The molecule has 1 aromatic carbocycles. The molecule has 2 saturated heterocycles. The molecular weight excluding hydrogens is 984 g/mol. The lowest BCUT2D eigenvalue weighted by Gasteiger charge is -2.42. The molecule has 3 aliphatic rings. The molecular formula is C51H81ClN8O14. The number of ether oxygens (including phenoxy) is 5. The van der Waals surface area contributed by atoms with Gasteiger partial charge in [0.1, 0.15) is 58.9 Å². The number of alkyl carbamates (subject to hydrolysis) is 1. The van der Waals surface area contributed by atoms with Crippen LogP contribution in [-0.2, 0) is 58.9 Å². The first-order valence-corrected chi connectivity index (χ1v) is 25.4. The molecule has 22 nitrogen and oxygen atoms in total. The molecule has 1 aromatic rings. The summed E-state index contributed by atoms with van der Waals surface area (Å²) >= 11 is 6.79. The van der Waals surface area contributed by atoms with Gasteiger partial charge in [-0.3, -0.25) is 39.5 Å². The quantitative estimate of drug-likeness (QED) is 0.0709. The summed E-state index contributed by atoms with van der Waals surface area (Å²) in [5.41, 5.74) is 3.55. The van der Waals surface area contributed by atoms with Crippen LogP contribution in [0.2, 0.25) is 5.02 Å². The monoisotopic (exact) mass is 1060 g/mol. The first-order valence-electron chi connectivity index (χ1n) is 25.0. The molecule has 74 heavy (non-hydrogen) atoms. The molecule has 0 saturated carbocycles. The summed E-state index contributed by atoms with van der Waals surface area (Å²) in [5, 5.41) is 22.0. The smallest absolute Gasteiger partial charge is 0.409 e. The molecule has 3 heterocycles. The number of aliphatic hydroxyl groups is 1. The van der Waals surface area contributed by atoms with E-state index in [1.54, 1.807) is 38.1 Å². The van der Waals surface area contributed by atoms with E-state index in [0.29, 0.717) is 17.9 Å². The first-order chi connectivity index (χ1) is 34.8. The standard InChI is InChI=1S/C47H69ClN8O14.2C2H6/c1-24-15-13-16-34(67-12)47(65)23-33(68-45(64)53-47)25(2)40-46(7,70-40)35(22-38(59)56(10)31-20-30(19-24)21-32(66-11)39(31)48)69-44(63)29(6)55(9)37(58)18-14-17-36(57)50-26(3)41(60)51-27(4)42(61)52-28(5)43(62)54-49-8;2*1-2/h13,15-16,20-21,25-29,33-35,40,49,65H,14,17-19,22-23H2,1-12H3,(H,50,57)(H,51,60)(H,52,61)(H,53,64)(H,54,62);2*1-2H3/b16-13+,24-15+;;. The number of fused-ring (bicyclic) bond motifs is 5. The fourth-order valence-corrected chi connectivity index (χ4v) is 8.53. The lowest BCUT2D eigenvalue weighted by molar-refractivity contribution is -0.162. The third kappa shape index (κ3) is 17.1. The fraction of sp³-hybridized carbons (Fsp3) is 0.647. The fourth-order valence-electron chi connectivity index (χ4n) is 8.21. The Kier molecular flexibility index (Phi) is 25.5. The van der Waals surface area contributed by atoms with Crippen molar-refractivity contribution in [2.75, 3.05) is 40.3 Å². The minimum Gasteiger partial charge on any atom is -0.495 e. The van der Waals surface area contributed by atoms with Gasteiger partial charge in [-0.2, -0.15) is 0 Å². The maximum absolute atomic E-state index is 14.3. The van der Waals surface area contributed by atoms with Gasteiger partial charge in [0.05, 0.1) is 25.3 Å². The highest BCUT2D eigenvalue weighted by molar-refractivity contribution is 6.35. The maximum atomic E-state index is 14.3. The number of hydrogen-bond donors (Lipinski definition) is 7. The Bertz CT molecular complexity index is 2210. The molecule has 4 rings (SSSR count). The average molecular weight is 1070 g/mol. The molecule has 11 atom stereocenters. The van der Waals surface area contributed by atoms with Gasteiger partial charge in [0.25, 0.3) is 5.91 Å². The highest BCUT2D eigenvalue weighted by Crippen LogP contribution is 2.49. The van der Waals surface area contributed by atoms with Crippen molar-refractivity contribution in [2.24, 2.45) is 5.92 Å². The number of likely N-dealkylation sites (N-methyl/N-ethyl adjacent to an activating group) is 1. The van der Waals surface area contributed by atoms with E-state index in [9.17, 15) is 43.5 Å². The Morgan fingerprint density at radius 1 is 0.959 bits per heavy atom. The highest BCUT2D eigenvalue weighted by atomic mass is 35.5. The molecule has 23 heteroatoms. The SMILES string of the molecule is CC.CC.CNNC(=O)C(C)NC(=O)C(C)NC(=O)C(C)NC(=O)CCCC(=O)N(C)C(C)C(=O)OC1CC(=O)N(C)c2cc(cc(OC)c2Cl)C/C(C)=C/C=C/C(OC)C2(O)CC(OC(=O)N2)C(C)C2OC12C. The molecule has 2 fully saturated rings. The number of nitrogens with one attached hydrogen (secondary N) is 6. The molecule has 7 amide bonds. The van der Waals surface area contributed by atoms with Gasteiger partial charge in [-0.05, 0) is 72.1 Å². The third-order valence-corrected chi connectivity index (χ3v) is 13.2. The number of epoxide rings is 1. The number of rotatable bonds is 16. The number of amides is 7. The van der Waals surface area contributed by atoms with E-state index in [4.69, 9.17) is 35.3 Å². The van der Waals surface area contributed by atoms with Gasteiger partial charge in [0.2, 0.25) is 29.5 Å². The van der Waals surface area contributed by atoms with Crippen molar-refractivity contribution in [1.29, 1.82) is 0 Å². The number of halogens is 1. The number of benzene rings is 1. The minimum absolute atomic E-state index is 0.0492. The summed E-state index contributed by atoms with van der Waals surface area (Å²) in [6.45, 7) is 19.1. The summed E-state index contributed by atoms with van der Waals surface area (Å²) in [7, 11) is 7.27. The van der Waals surface area contributed by atoms with E-state index in [0.717, 1.165) is 16.0 Å². The summed E-state index contributed by atoms with van der Waals surface area (Å²) in [6, 6.07) is -0.642. The zero-order chi connectivity index (χ0) is 56.4. The predicted molar refractivity (Wildman–Crippen MR) is 278 cm³/mol. The van der Waals surface area contributed by atoms with Crippen molar-refractivity contribution in [3.05, 3.63) is 46.5 Å². The van der Waals surface area contributed by atoms with E-state index < -0.39 is 120 Å². The first kappa shape index (κ1) is 64.3. The van der Waals surface area contributed by atoms with Crippen molar-refractivity contribution in [3.8, 4) is 5.75 Å². The number of hydrazine groups is 1. The van der Waals surface area contributed by atoms with Gasteiger partial charge in [-0.15, -0.1) is 0 Å². The lowest BCUT2D eigenvalue weighted by atomic mass is 9.83. The third-order valence-electron chi connectivity index (χ3n) is 12.8. The zero-order valence-corrected chi connectivity index (χ0v) is 46.6. The number of anilines is 1. The van der Waals surface area contributed by atoms with Crippen molar-refractivity contribution in [1.82, 2.24) is 37.0 Å². The molecule has 0 aromatic heterocycles. The number of nitrogens with zero attached hydrogens (tertiary/aromatic N) is 2. The Hall–Kier alpha value is -5.81. The maximum Gasteiger partial charge on any atom is 0.409 e. The Labute approximate surface area is 440 Å². The molecule has 416 valence electrons. The normalized spacial score (nSPS) is 26.2. The van der Waals surface area contributed by atoms with Crippen LogP contribution in [0, 0.1) is 5.92 Å². The van der Waals surface area contributed by atoms with E-state index in [1.807, 2.05) is 40.7 Å². The Morgan fingerprint density at radius 3 is 2.14 bits per heavy atom. The topological polar surface area (TPSA) is 285 Å². The van der Waals surface area contributed by atoms with Gasteiger partial charge >= 0.3 is 12.1 Å². The predicted octanol–water partition coefficient (Wildman–Crippen LogP) is 3.50. The molecule has 0 radical (unpaired) electrons. The van der Waals surface area contributed by atoms with Gasteiger partial charge in [-0.1, -0.05) is 70.0 Å². The van der Waals surface area contributed by atoms with Crippen LogP contribution in [-0.4, -0.2) is 153 Å². The number of carbonyl (C=O) groups is 8. The van der Waals surface area contributed by atoms with E-state index in [1.165, 1.54) is 68.0 Å². The average Bonchev–Trinajstić information content (AvgIpc) is 4.06. The van der Waals surface area contributed by atoms with Gasteiger partial charge in [0.15, 0.2) is 5.72 Å². The summed E-state index contributed by atoms with van der Waals surface area (Å²) in [6.07, 6.45) is -0.0421. The van der Waals surface area contributed by atoms with E-state index in [2.05, 4.69) is 32.1 Å². The minimum atomic E-state index is -1.89. The van der Waals surface area contributed by atoms with Crippen LogP contribution in [0.4, 0.5) is 10.5 Å². The molecule has 3 aliphatic heterocycles. The lowest BCUT2D eigenvalue weighted by Crippen LogP contribution is -2.63. The van der Waals surface area contributed by atoms with Crippen molar-refractivity contribution in [3.63, 3.8) is 0 Å². The van der Waals surface area contributed by atoms with Crippen LogP contribution >= 0.6 is 11.6 Å². The summed E-state index contributed by atoms with van der Waals surface area (Å²) in [4.78, 5) is 107. The Morgan fingerprint density at radius 2 is 1.55 bits per heavy atom. The zero-order valence-electron chi connectivity index (χ0n) is 45.9. The van der Waals surface area contributed by atoms with Crippen LogP contribution in [0.5, 0.6) is 5.75 Å². The number of esters is 1. The van der Waals surface area contributed by atoms with Crippen LogP contribution in [0.1, 0.15) is 114 Å². The molecule has 7 N–H and O–H groups in total. The molecule has 0 spiro atoms. The summed E-state index contributed by atoms with van der Waals surface area (Å²) < 4.78 is 29.3. The second-order valence-corrected chi connectivity index (χ2v) is 18.6. The number of carbonyl (C=O) groups excluding carboxylic acids is 8. The van der Waals surface area contributed by atoms with E-state index in [-0.39, 0.29) is 30.7 Å². The summed E-state index contributed by atoms with van der Waals surface area (Å²) in [5.74, 6) is -4.49. The van der Waals surface area contributed by atoms with Gasteiger partial charge < -0.3 is 54.5 Å². The second-order valence-electron chi connectivity index (χ2n) is 18.2. The van der Waals surface area contributed by atoms with Gasteiger partial charge in [0, 0.05) is 53.4 Å². The van der Waals surface area contributed by atoms with Gasteiger partial charge in [-0.25, -0.2) is 15.0 Å². The largest absolute Gasteiger partial charge is 0.495 e. The highest BCUT2D eigenvalue weighted by Gasteiger charge is 2.64. The van der Waals surface area contributed by atoms with Crippen LogP contribution < -0.4 is 41.8 Å². The molecule has 0 aliphatic carbocycles.